The molecule has 124 valence electrons. The number of aliphatic carboxylic acids is 3. The second-order valence-corrected chi connectivity index (χ2v) is 4.02. The van der Waals surface area contributed by atoms with Gasteiger partial charge in [0, 0.05) is 11.6 Å². The van der Waals surface area contributed by atoms with Crippen molar-refractivity contribution in [1.29, 1.82) is 0 Å². The van der Waals surface area contributed by atoms with Crippen LogP contribution in [0.25, 0.3) is 0 Å². The van der Waals surface area contributed by atoms with Crippen LogP contribution in [0.5, 0.6) is 0 Å². The molecule has 0 saturated carbocycles. The summed E-state index contributed by atoms with van der Waals surface area (Å²) in [6.07, 6.45) is 0.721. The van der Waals surface area contributed by atoms with Crippen LogP contribution < -0.4 is 0 Å². The second-order valence-electron chi connectivity index (χ2n) is 3.48. The molecule has 0 amide bonds. The molecule has 0 atom stereocenters. The van der Waals surface area contributed by atoms with Crippen molar-refractivity contribution >= 4 is 47.1 Å². The number of hydrogen-bond donors (Lipinski definition) is 3. The van der Waals surface area contributed by atoms with E-state index >= 15 is 0 Å². The number of alkyl halides is 2. The Kier molecular flexibility index (Phi) is 11.7. The predicted octanol–water partition coefficient (Wildman–Crippen LogP) is 1.12. The van der Waals surface area contributed by atoms with Crippen molar-refractivity contribution in [2.24, 2.45) is 0 Å². The van der Waals surface area contributed by atoms with Crippen LogP contribution in [0.4, 0.5) is 0 Å². The van der Waals surface area contributed by atoms with Gasteiger partial charge in [-0.15, -0.1) is 23.2 Å². The van der Waals surface area contributed by atoms with Crippen LogP contribution in [0.1, 0.15) is 6.92 Å². The smallest absolute Gasteiger partial charge is 0.335 e. The van der Waals surface area contributed by atoms with Crippen LogP contribution in [0.15, 0.2) is 22.8 Å². The van der Waals surface area contributed by atoms with Gasteiger partial charge in [0.25, 0.3) is 0 Å². The van der Waals surface area contributed by atoms with Gasteiger partial charge in [0.1, 0.15) is 0 Å². The lowest BCUT2D eigenvalue weighted by Crippen LogP contribution is -2.10. The number of methoxy groups -OCH3 is 1. The molecule has 10 heteroatoms. The fraction of sp³-hybridized carbons (Fsp3) is 0.333. The molecule has 0 radical (unpaired) electrons. The van der Waals surface area contributed by atoms with Crippen LogP contribution in [-0.4, -0.2) is 58.1 Å². The van der Waals surface area contributed by atoms with Gasteiger partial charge < -0.3 is 20.1 Å². The first-order valence-electron chi connectivity index (χ1n) is 5.42. The molecule has 8 nitrogen and oxygen atoms in total. The van der Waals surface area contributed by atoms with E-state index in [1.807, 2.05) is 0 Å². The van der Waals surface area contributed by atoms with Crippen molar-refractivity contribution in [3.8, 4) is 0 Å². The summed E-state index contributed by atoms with van der Waals surface area (Å²) in [6, 6.07) is 0. The van der Waals surface area contributed by atoms with Crippen LogP contribution in [0.3, 0.4) is 0 Å². The summed E-state index contributed by atoms with van der Waals surface area (Å²) in [6.45, 7) is 1.20. The lowest BCUT2D eigenvalue weighted by molar-refractivity contribution is -0.137. The zero-order chi connectivity index (χ0) is 17.9. The SMILES string of the molecule is C/C(C(=O)O)=C(/CCl)C(=O)O.COC(=O)/C(=C/C(=O)O)CCl. The Bertz CT molecular complexity index is 507. The molecule has 0 saturated heterocycles. The molecule has 0 aromatic heterocycles. The Hall–Kier alpha value is -2.06. The summed E-state index contributed by atoms with van der Waals surface area (Å²) in [5, 5.41) is 25.0. The van der Waals surface area contributed by atoms with Crippen molar-refractivity contribution in [3.05, 3.63) is 22.8 Å². The highest BCUT2D eigenvalue weighted by atomic mass is 35.5. The van der Waals surface area contributed by atoms with Gasteiger partial charge >= 0.3 is 23.9 Å². The average Bonchev–Trinajstić information content (AvgIpc) is 2.44. The van der Waals surface area contributed by atoms with Crippen LogP contribution in [0.2, 0.25) is 0 Å². The number of carboxylic acids is 3. The summed E-state index contributed by atoms with van der Waals surface area (Å²) in [7, 11) is 1.16. The third-order valence-electron chi connectivity index (χ3n) is 2.05. The van der Waals surface area contributed by atoms with Gasteiger partial charge in [0.2, 0.25) is 0 Å². The minimum absolute atomic E-state index is 0.0679. The van der Waals surface area contributed by atoms with E-state index < -0.39 is 23.9 Å². The van der Waals surface area contributed by atoms with Gasteiger partial charge in [-0.05, 0) is 6.92 Å². The lowest BCUT2D eigenvalue weighted by Gasteiger charge is -1.98. The van der Waals surface area contributed by atoms with E-state index in [0.29, 0.717) is 0 Å². The summed E-state index contributed by atoms with van der Waals surface area (Å²) in [5.74, 6) is -4.96. The molecule has 0 aliphatic rings. The predicted molar refractivity (Wildman–Crippen MR) is 77.1 cm³/mol. The van der Waals surface area contributed by atoms with Crippen LogP contribution in [0, 0.1) is 0 Å². The Morgan fingerprint density at radius 3 is 1.68 bits per heavy atom. The van der Waals surface area contributed by atoms with Gasteiger partial charge in [-0.25, -0.2) is 19.2 Å². The molecule has 0 aromatic carbocycles. The highest BCUT2D eigenvalue weighted by molar-refractivity contribution is 6.23. The van der Waals surface area contributed by atoms with E-state index in [9.17, 15) is 19.2 Å². The maximum atomic E-state index is 10.6. The number of rotatable bonds is 6. The number of carbonyl (C=O) groups is 4. The Morgan fingerprint density at radius 1 is 1.00 bits per heavy atom. The number of carboxylic acid groups (broad SMARTS) is 3. The van der Waals surface area contributed by atoms with Crippen molar-refractivity contribution in [2.45, 2.75) is 6.92 Å². The molecular formula is C12H14Cl2O8. The Morgan fingerprint density at radius 2 is 1.50 bits per heavy atom. The molecule has 3 N–H and O–H groups in total. The highest BCUT2D eigenvalue weighted by Gasteiger charge is 2.14. The normalized spacial score (nSPS) is 11.5. The van der Waals surface area contributed by atoms with Gasteiger partial charge in [0.15, 0.2) is 0 Å². The zero-order valence-corrected chi connectivity index (χ0v) is 13.1. The van der Waals surface area contributed by atoms with E-state index in [4.69, 9.17) is 38.5 Å². The molecule has 0 bridgehead atoms. The van der Waals surface area contributed by atoms with E-state index in [2.05, 4.69) is 4.74 Å². The van der Waals surface area contributed by atoms with Crippen LogP contribution in [-0.2, 0) is 23.9 Å². The Balaban J connectivity index is 0. The lowest BCUT2D eigenvalue weighted by atomic mass is 10.1. The third kappa shape index (κ3) is 8.98. The van der Waals surface area contributed by atoms with E-state index in [-0.39, 0.29) is 28.5 Å². The topological polar surface area (TPSA) is 138 Å². The minimum Gasteiger partial charge on any atom is -0.478 e. The molecule has 0 heterocycles. The summed E-state index contributed by atoms with van der Waals surface area (Å²) in [4.78, 5) is 41.2. The largest absolute Gasteiger partial charge is 0.478 e. The van der Waals surface area contributed by atoms with Crippen molar-refractivity contribution in [2.75, 3.05) is 18.9 Å². The first-order valence-corrected chi connectivity index (χ1v) is 6.49. The van der Waals surface area contributed by atoms with Crippen LogP contribution >= 0.6 is 23.2 Å². The first-order chi connectivity index (χ1) is 10.1. The van der Waals surface area contributed by atoms with Crippen molar-refractivity contribution in [3.63, 3.8) is 0 Å². The number of ether oxygens (including phenoxy) is 1. The number of hydrogen-bond acceptors (Lipinski definition) is 5. The Labute approximate surface area is 135 Å². The summed E-state index contributed by atoms with van der Waals surface area (Å²) in [5.41, 5.74) is -0.576. The van der Waals surface area contributed by atoms with Gasteiger partial charge in [-0.1, -0.05) is 0 Å². The maximum absolute atomic E-state index is 10.6. The molecule has 22 heavy (non-hydrogen) atoms. The highest BCUT2D eigenvalue weighted by Crippen LogP contribution is 2.06. The summed E-state index contributed by atoms with van der Waals surface area (Å²) < 4.78 is 4.25. The van der Waals surface area contributed by atoms with Gasteiger partial charge in [-0.3, -0.25) is 0 Å². The maximum Gasteiger partial charge on any atom is 0.335 e. The average molecular weight is 357 g/mol. The molecule has 0 fully saturated rings. The quantitative estimate of drug-likeness (QED) is 0.365. The third-order valence-corrected chi connectivity index (χ3v) is 2.61. The van der Waals surface area contributed by atoms with E-state index in [1.165, 1.54) is 6.92 Å². The number of carbonyl (C=O) groups excluding carboxylic acids is 1. The van der Waals surface area contributed by atoms with Crippen molar-refractivity contribution in [1.82, 2.24) is 0 Å². The monoisotopic (exact) mass is 356 g/mol. The summed E-state index contributed by atoms with van der Waals surface area (Å²) >= 11 is 10.5. The molecule has 0 aromatic rings. The molecule has 0 aliphatic carbocycles. The zero-order valence-electron chi connectivity index (χ0n) is 11.6. The molecule has 0 rings (SSSR count). The van der Waals surface area contributed by atoms with Crippen molar-refractivity contribution < 1.29 is 39.2 Å². The first kappa shape index (κ1) is 22.2. The fourth-order valence-electron chi connectivity index (χ4n) is 0.879. The second kappa shape index (κ2) is 11.6. The fourth-order valence-corrected chi connectivity index (χ4v) is 1.38. The minimum atomic E-state index is -1.29. The van der Waals surface area contributed by atoms with Gasteiger partial charge in [0.05, 0.1) is 30.0 Å². The van der Waals surface area contributed by atoms with Gasteiger partial charge in [-0.2, -0.15) is 0 Å². The number of esters is 1. The molecule has 0 spiro atoms. The van der Waals surface area contributed by atoms with E-state index in [1.54, 1.807) is 0 Å². The number of halogens is 2. The molecular weight excluding hydrogens is 343 g/mol. The standard InChI is InChI=1S/2C6H7ClO4/c1-11-6(10)4(3-7)2-5(8)9;1-3(5(8)9)4(2-7)6(10)11/h2H,3H2,1H3,(H,8,9);2H2,1H3,(H,8,9)(H,10,11)/b4-2+;4-3+. The van der Waals surface area contributed by atoms with E-state index in [0.717, 1.165) is 13.2 Å². The molecule has 0 aliphatic heterocycles. The molecule has 0 unspecified atom stereocenters.